The molecular formula is C16H32N4O. The Balaban J connectivity index is 0.000000774. The van der Waals surface area contributed by atoms with Crippen molar-refractivity contribution in [3.8, 4) is 0 Å². The van der Waals surface area contributed by atoms with E-state index in [1.165, 1.54) is 0 Å². The zero-order valence-corrected chi connectivity index (χ0v) is 13.9. The van der Waals surface area contributed by atoms with Gasteiger partial charge in [0.05, 0.1) is 0 Å². The molecule has 2 unspecified atom stereocenters. The number of nitrogens with two attached hydrogens (primary N) is 1. The summed E-state index contributed by atoms with van der Waals surface area (Å²) in [5, 5.41) is 3.36. The molecule has 0 aromatic rings. The van der Waals surface area contributed by atoms with Gasteiger partial charge in [0.15, 0.2) is 0 Å². The number of hydrogen-bond acceptors (Lipinski definition) is 4. The third-order valence-corrected chi connectivity index (χ3v) is 5.58. The molecule has 2 atom stereocenters. The van der Waals surface area contributed by atoms with Gasteiger partial charge in [-0.05, 0) is 32.2 Å². The summed E-state index contributed by atoms with van der Waals surface area (Å²) in [5.41, 5.74) is 6.39. The SMILES string of the molecule is CC.CN1C(=O)CCC12CCN(C1CCNCC1N)CC2. The lowest BCUT2D eigenvalue weighted by Crippen LogP contribution is -2.61. The van der Waals surface area contributed by atoms with E-state index in [9.17, 15) is 4.79 Å². The molecular weight excluding hydrogens is 264 g/mol. The summed E-state index contributed by atoms with van der Waals surface area (Å²) >= 11 is 0. The molecule has 3 aliphatic heterocycles. The average Bonchev–Trinajstić information content (AvgIpc) is 2.80. The zero-order chi connectivity index (χ0) is 15.5. The minimum atomic E-state index is 0.157. The maximum atomic E-state index is 11.8. The molecule has 3 fully saturated rings. The summed E-state index contributed by atoms with van der Waals surface area (Å²) in [5.74, 6) is 0.326. The van der Waals surface area contributed by atoms with Crippen molar-refractivity contribution in [2.75, 3.05) is 33.2 Å². The third-order valence-electron chi connectivity index (χ3n) is 5.58. The van der Waals surface area contributed by atoms with Crippen LogP contribution >= 0.6 is 0 Å². The van der Waals surface area contributed by atoms with Crippen molar-refractivity contribution in [3.05, 3.63) is 0 Å². The van der Waals surface area contributed by atoms with Gasteiger partial charge in [-0.25, -0.2) is 0 Å². The van der Waals surface area contributed by atoms with Crippen molar-refractivity contribution < 1.29 is 4.79 Å². The smallest absolute Gasteiger partial charge is 0.222 e. The van der Waals surface area contributed by atoms with Crippen LogP contribution in [0, 0.1) is 0 Å². The van der Waals surface area contributed by atoms with E-state index in [-0.39, 0.29) is 11.6 Å². The lowest BCUT2D eigenvalue weighted by atomic mass is 9.84. The number of carbonyl (C=O) groups is 1. The second-order valence-corrected chi connectivity index (χ2v) is 6.44. The highest BCUT2D eigenvalue weighted by atomic mass is 16.2. The molecule has 0 aromatic carbocycles. The van der Waals surface area contributed by atoms with Gasteiger partial charge in [-0.15, -0.1) is 0 Å². The number of amides is 1. The van der Waals surface area contributed by atoms with Crippen LogP contribution in [0.5, 0.6) is 0 Å². The van der Waals surface area contributed by atoms with Crippen molar-refractivity contribution in [3.63, 3.8) is 0 Å². The van der Waals surface area contributed by atoms with Crippen LogP contribution < -0.4 is 11.1 Å². The summed E-state index contributed by atoms with van der Waals surface area (Å²) < 4.78 is 0. The van der Waals surface area contributed by atoms with Gasteiger partial charge in [-0.1, -0.05) is 13.8 Å². The normalized spacial score (nSPS) is 33.0. The lowest BCUT2D eigenvalue weighted by molar-refractivity contribution is -0.130. The van der Waals surface area contributed by atoms with Gasteiger partial charge in [0.1, 0.15) is 0 Å². The fraction of sp³-hybridized carbons (Fsp3) is 0.938. The number of rotatable bonds is 1. The van der Waals surface area contributed by atoms with Gasteiger partial charge in [-0.3, -0.25) is 9.69 Å². The monoisotopic (exact) mass is 296 g/mol. The number of piperidine rings is 2. The van der Waals surface area contributed by atoms with E-state index in [1.807, 2.05) is 25.8 Å². The molecule has 0 aliphatic carbocycles. The molecule has 5 nitrogen and oxygen atoms in total. The second kappa shape index (κ2) is 7.07. The number of hydrogen-bond donors (Lipinski definition) is 2. The van der Waals surface area contributed by atoms with Crippen molar-refractivity contribution in [2.24, 2.45) is 5.73 Å². The van der Waals surface area contributed by atoms with E-state index in [0.717, 1.165) is 58.3 Å². The molecule has 122 valence electrons. The fourth-order valence-corrected chi connectivity index (χ4v) is 4.12. The largest absolute Gasteiger partial charge is 0.340 e. The Morgan fingerprint density at radius 3 is 2.43 bits per heavy atom. The number of nitrogens with zero attached hydrogens (tertiary/aromatic N) is 2. The van der Waals surface area contributed by atoms with Gasteiger partial charge in [0, 0.05) is 50.7 Å². The molecule has 3 rings (SSSR count). The summed E-state index contributed by atoms with van der Waals surface area (Å²) in [4.78, 5) is 16.4. The van der Waals surface area contributed by atoms with Crippen molar-refractivity contribution in [2.45, 2.75) is 63.6 Å². The Kier molecular flexibility index (Phi) is 5.63. The van der Waals surface area contributed by atoms with Crippen LogP contribution in [0.3, 0.4) is 0 Å². The molecule has 3 saturated heterocycles. The van der Waals surface area contributed by atoms with Gasteiger partial charge < -0.3 is 16.0 Å². The predicted octanol–water partition coefficient (Wildman–Crippen LogP) is 0.789. The van der Waals surface area contributed by atoms with Crippen LogP contribution in [0.2, 0.25) is 0 Å². The first kappa shape index (κ1) is 16.7. The molecule has 0 radical (unpaired) electrons. The van der Waals surface area contributed by atoms with E-state index >= 15 is 0 Å². The molecule has 3 heterocycles. The molecule has 1 spiro atoms. The number of nitrogens with one attached hydrogen (secondary N) is 1. The van der Waals surface area contributed by atoms with E-state index in [0.29, 0.717) is 11.9 Å². The first-order chi connectivity index (χ1) is 10.1. The Morgan fingerprint density at radius 1 is 1.24 bits per heavy atom. The Bertz CT molecular complexity index is 352. The van der Waals surface area contributed by atoms with E-state index < -0.39 is 0 Å². The fourth-order valence-electron chi connectivity index (χ4n) is 4.12. The predicted molar refractivity (Wildman–Crippen MR) is 86.1 cm³/mol. The van der Waals surface area contributed by atoms with E-state index in [1.54, 1.807) is 0 Å². The lowest BCUT2D eigenvalue weighted by Gasteiger charge is -2.47. The van der Waals surface area contributed by atoms with Crippen LogP contribution in [0.15, 0.2) is 0 Å². The summed E-state index contributed by atoms with van der Waals surface area (Å²) in [6.45, 7) is 8.20. The van der Waals surface area contributed by atoms with Crippen LogP contribution in [0.25, 0.3) is 0 Å². The van der Waals surface area contributed by atoms with Gasteiger partial charge >= 0.3 is 0 Å². The van der Waals surface area contributed by atoms with Crippen LogP contribution in [0.1, 0.15) is 46.0 Å². The first-order valence-electron chi connectivity index (χ1n) is 8.59. The number of carbonyl (C=O) groups excluding carboxylic acids is 1. The van der Waals surface area contributed by atoms with Crippen LogP contribution in [0.4, 0.5) is 0 Å². The minimum absolute atomic E-state index is 0.157. The maximum Gasteiger partial charge on any atom is 0.222 e. The summed E-state index contributed by atoms with van der Waals surface area (Å²) in [6, 6.07) is 0.784. The average molecular weight is 296 g/mol. The number of likely N-dealkylation sites (tertiary alicyclic amines) is 2. The molecule has 5 heteroatoms. The molecule has 0 bridgehead atoms. The minimum Gasteiger partial charge on any atom is -0.340 e. The van der Waals surface area contributed by atoms with Crippen molar-refractivity contribution in [1.29, 1.82) is 0 Å². The summed E-state index contributed by atoms with van der Waals surface area (Å²) in [6.07, 6.45) is 5.18. The van der Waals surface area contributed by atoms with Crippen LogP contribution in [-0.2, 0) is 4.79 Å². The van der Waals surface area contributed by atoms with Crippen molar-refractivity contribution >= 4 is 5.91 Å². The van der Waals surface area contributed by atoms with Crippen molar-refractivity contribution in [1.82, 2.24) is 15.1 Å². The topological polar surface area (TPSA) is 61.6 Å². The highest BCUT2D eigenvalue weighted by Gasteiger charge is 2.46. The molecule has 3 N–H and O–H groups in total. The van der Waals surface area contributed by atoms with Gasteiger partial charge in [-0.2, -0.15) is 0 Å². The zero-order valence-electron chi connectivity index (χ0n) is 13.9. The molecule has 1 amide bonds. The van der Waals surface area contributed by atoms with Gasteiger partial charge in [0.25, 0.3) is 0 Å². The Hall–Kier alpha value is -0.650. The maximum absolute atomic E-state index is 11.8. The second-order valence-electron chi connectivity index (χ2n) is 6.44. The highest BCUT2D eigenvalue weighted by Crippen LogP contribution is 2.38. The standard InChI is InChI=1S/C14H26N4O.C2H6/c1-17-13(19)2-4-14(17)5-8-18(9-6-14)12-3-7-16-10-11(12)15;1-2/h11-12,16H,2-10,15H2,1H3;1-2H3. The first-order valence-corrected chi connectivity index (χ1v) is 8.59. The molecule has 0 aromatic heterocycles. The summed E-state index contributed by atoms with van der Waals surface area (Å²) in [7, 11) is 1.99. The quantitative estimate of drug-likeness (QED) is 0.751. The Morgan fingerprint density at radius 2 is 1.90 bits per heavy atom. The molecule has 21 heavy (non-hydrogen) atoms. The Labute approximate surface area is 129 Å². The molecule has 0 saturated carbocycles. The third kappa shape index (κ3) is 3.25. The van der Waals surface area contributed by atoms with Crippen LogP contribution in [-0.4, -0.2) is 66.6 Å². The van der Waals surface area contributed by atoms with E-state index in [2.05, 4.69) is 10.2 Å². The highest BCUT2D eigenvalue weighted by molar-refractivity contribution is 5.79. The molecule has 3 aliphatic rings. The van der Waals surface area contributed by atoms with E-state index in [4.69, 9.17) is 5.73 Å². The van der Waals surface area contributed by atoms with Gasteiger partial charge in [0.2, 0.25) is 5.91 Å².